The van der Waals surface area contributed by atoms with Gasteiger partial charge in [0.15, 0.2) is 11.8 Å². The van der Waals surface area contributed by atoms with Gasteiger partial charge < -0.3 is 10.2 Å². The number of H-pyrrole nitrogens is 1. The van der Waals surface area contributed by atoms with Crippen molar-refractivity contribution in [2.24, 2.45) is 0 Å². The third kappa shape index (κ3) is 1.65. The Bertz CT molecular complexity index is 488. The Balaban J connectivity index is 2.45. The lowest BCUT2D eigenvalue weighted by molar-refractivity contribution is 0.422. The van der Waals surface area contributed by atoms with Gasteiger partial charge in [-0.2, -0.15) is 0 Å². The van der Waals surface area contributed by atoms with Gasteiger partial charge in [-0.05, 0) is 12.5 Å². The molecule has 0 aliphatic rings. The molecule has 0 bridgehead atoms. The Morgan fingerprint density at radius 3 is 2.19 bits per heavy atom. The Morgan fingerprint density at radius 2 is 1.69 bits per heavy atom. The molecule has 1 aromatic heterocycles. The van der Waals surface area contributed by atoms with Crippen LogP contribution in [0.1, 0.15) is 29.5 Å². The van der Waals surface area contributed by atoms with Crippen LogP contribution >= 0.6 is 0 Å². The van der Waals surface area contributed by atoms with Gasteiger partial charge in [-0.15, -0.1) is 0 Å². The predicted molar refractivity (Wildman–Crippen MR) is 62.8 cm³/mol. The SMILES string of the molecule is Cc1c(O)[nH]c(O)c1C(C)c1ccccc1. The Kier molecular flexibility index (Phi) is 2.60. The smallest absolute Gasteiger partial charge is 0.195 e. The summed E-state index contributed by atoms with van der Waals surface area (Å²) < 4.78 is 0. The van der Waals surface area contributed by atoms with Crippen LogP contribution in [0.15, 0.2) is 30.3 Å². The number of aromatic nitrogens is 1. The van der Waals surface area contributed by atoms with E-state index in [1.807, 2.05) is 37.3 Å². The van der Waals surface area contributed by atoms with Gasteiger partial charge in [0.2, 0.25) is 0 Å². The fraction of sp³-hybridized carbons (Fsp3) is 0.231. The van der Waals surface area contributed by atoms with Crippen LogP contribution in [-0.4, -0.2) is 15.2 Å². The molecule has 84 valence electrons. The van der Waals surface area contributed by atoms with E-state index in [4.69, 9.17) is 0 Å². The van der Waals surface area contributed by atoms with Crippen molar-refractivity contribution in [2.75, 3.05) is 0 Å². The number of hydrogen-bond donors (Lipinski definition) is 3. The van der Waals surface area contributed by atoms with Gasteiger partial charge in [-0.3, -0.25) is 4.98 Å². The van der Waals surface area contributed by atoms with Crippen LogP contribution in [0.3, 0.4) is 0 Å². The molecule has 16 heavy (non-hydrogen) atoms. The van der Waals surface area contributed by atoms with Gasteiger partial charge in [0.05, 0.1) is 0 Å². The van der Waals surface area contributed by atoms with Crippen molar-refractivity contribution in [1.29, 1.82) is 0 Å². The van der Waals surface area contributed by atoms with Crippen molar-refractivity contribution >= 4 is 0 Å². The Morgan fingerprint density at radius 1 is 1.06 bits per heavy atom. The van der Waals surface area contributed by atoms with Gasteiger partial charge in [0.25, 0.3) is 0 Å². The minimum atomic E-state index is 0.0373. The van der Waals surface area contributed by atoms with E-state index >= 15 is 0 Å². The monoisotopic (exact) mass is 217 g/mol. The standard InChI is InChI=1S/C13H15NO2/c1-8(10-6-4-3-5-7-10)11-9(2)12(15)14-13(11)16/h3-8,14-16H,1-2H3. The number of hydrogen-bond acceptors (Lipinski definition) is 2. The average molecular weight is 217 g/mol. The van der Waals surface area contributed by atoms with E-state index in [0.717, 1.165) is 11.1 Å². The molecule has 0 spiro atoms. The summed E-state index contributed by atoms with van der Waals surface area (Å²) in [4.78, 5) is 2.54. The summed E-state index contributed by atoms with van der Waals surface area (Å²) >= 11 is 0. The van der Waals surface area contributed by atoms with Crippen LogP contribution in [0.25, 0.3) is 0 Å². The molecule has 3 nitrogen and oxygen atoms in total. The second-order valence-electron chi connectivity index (χ2n) is 3.99. The molecule has 0 aliphatic heterocycles. The number of nitrogens with one attached hydrogen (secondary N) is 1. The van der Waals surface area contributed by atoms with Gasteiger partial charge >= 0.3 is 0 Å². The Hall–Kier alpha value is -1.90. The van der Waals surface area contributed by atoms with Gasteiger partial charge in [0, 0.05) is 17.0 Å². The second-order valence-corrected chi connectivity index (χ2v) is 3.99. The zero-order chi connectivity index (χ0) is 11.7. The maximum absolute atomic E-state index is 9.73. The zero-order valence-corrected chi connectivity index (χ0v) is 9.36. The number of benzene rings is 1. The van der Waals surface area contributed by atoms with Crippen LogP contribution in [0.2, 0.25) is 0 Å². The summed E-state index contributed by atoms with van der Waals surface area (Å²) in [6, 6.07) is 9.90. The summed E-state index contributed by atoms with van der Waals surface area (Å²) in [5, 5.41) is 19.2. The lowest BCUT2D eigenvalue weighted by Gasteiger charge is -2.12. The molecule has 3 heteroatoms. The first-order valence-electron chi connectivity index (χ1n) is 5.26. The van der Waals surface area contributed by atoms with Crippen molar-refractivity contribution < 1.29 is 10.2 Å². The molecular weight excluding hydrogens is 202 g/mol. The van der Waals surface area contributed by atoms with Crippen LogP contribution in [0.5, 0.6) is 11.8 Å². The van der Waals surface area contributed by atoms with E-state index in [2.05, 4.69) is 4.98 Å². The minimum Gasteiger partial charge on any atom is -0.494 e. The van der Waals surface area contributed by atoms with Crippen molar-refractivity contribution in [1.82, 2.24) is 4.98 Å². The van der Waals surface area contributed by atoms with Crippen LogP contribution in [0.4, 0.5) is 0 Å². The highest BCUT2D eigenvalue weighted by Gasteiger charge is 2.19. The molecule has 0 saturated heterocycles. The number of rotatable bonds is 2. The number of aromatic hydroxyl groups is 2. The summed E-state index contributed by atoms with van der Waals surface area (Å²) in [7, 11) is 0. The molecule has 1 unspecified atom stereocenters. The van der Waals surface area contributed by atoms with Crippen LogP contribution < -0.4 is 0 Å². The lowest BCUT2D eigenvalue weighted by atomic mass is 9.92. The first-order chi connectivity index (χ1) is 7.61. The van der Waals surface area contributed by atoms with E-state index in [1.165, 1.54) is 0 Å². The van der Waals surface area contributed by atoms with E-state index < -0.39 is 0 Å². The average Bonchev–Trinajstić information content (AvgIpc) is 2.54. The molecule has 1 heterocycles. The summed E-state index contributed by atoms with van der Waals surface area (Å²) in [5.74, 6) is 0.139. The molecule has 1 atom stereocenters. The van der Waals surface area contributed by atoms with Crippen molar-refractivity contribution in [3.8, 4) is 11.8 Å². The van der Waals surface area contributed by atoms with Crippen LogP contribution in [0, 0.1) is 6.92 Å². The molecule has 1 aromatic carbocycles. The van der Waals surface area contributed by atoms with Crippen molar-refractivity contribution in [2.45, 2.75) is 19.8 Å². The topological polar surface area (TPSA) is 56.2 Å². The third-order valence-corrected chi connectivity index (χ3v) is 2.98. The highest BCUT2D eigenvalue weighted by Crippen LogP contribution is 2.37. The second kappa shape index (κ2) is 3.93. The third-order valence-electron chi connectivity index (χ3n) is 2.98. The van der Waals surface area contributed by atoms with Crippen LogP contribution in [-0.2, 0) is 0 Å². The quantitative estimate of drug-likeness (QED) is 0.724. The Labute approximate surface area is 94.4 Å². The van der Waals surface area contributed by atoms with E-state index in [1.54, 1.807) is 6.92 Å². The fourth-order valence-corrected chi connectivity index (χ4v) is 2.02. The molecule has 2 rings (SSSR count). The molecule has 0 radical (unpaired) electrons. The van der Waals surface area contributed by atoms with E-state index in [-0.39, 0.29) is 17.7 Å². The summed E-state index contributed by atoms with van der Waals surface area (Å²) in [5.41, 5.74) is 2.57. The molecule has 0 amide bonds. The first kappa shape index (κ1) is 10.6. The first-order valence-corrected chi connectivity index (χ1v) is 5.26. The normalized spacial score (nSPS) is 12.6. The molecule has 0 fully saturated rings. The highest BCUT2D eigenvalue weighted by atomic mass is 16.3. The number of aromatic amines is 1. The lowest BCUT2D eigenvalue weighted by Crippen LogP contribution is -1.96. The molecule has 2 aromatic rings. The van der Waals surface area contributed by atoms with Gasteiger partial charge in [0.1, 0.15) is 0 Å². The minimum absolute atomic E-state index is 0.0373. The summed E-state index contributed by atoms with van der Waals surface area (Å²) in [6.07, 6.45) is 0. The molecule has 0 aliphatic carbocycles. The molecule has 3 N–H and O–H groups in total. The maximum Gasteiger partial charge on any atom is 0.195 e. The summed E-state index contributed by atoms with van der Waals surface area (Å²) in [6.45, 7) is 3.80. The molecule has 0 saturated carbocycles. The van der Waals surface area contributed by atoms with Gasteiger partial charge in [-0.1, -0.05) is 37.3 Å². The van der Waals surface area contributed by atoms with Crippen molar-refractivity contribution in [3.63, 3.8) is 0 Å². The fourth-order valence-electron chi connectivity index (χ4n) is 2.02. The molecular formula is C13H15NO2. The highest BCUT2D eigenvalue weighted by molar-refractivity contribution is 5.48. The van der Waals surface area contributed by atoms with Crippen molar-refractivity contribution in [3.05, 3.63) is 47.0 Å². The maximum atomic E-state index is 9.73. The largest absolute Gasteiger partial charge is 0.494 e. The van der Waals surface area contributed by atoms with Gasteiger partial charge in [-0.25, -0.2) is 0 Å². The zero-order valence-electron chi connectivity index (χ0n) is 9.36. The van der Waals surface area contributed by atoms with E-state index in [9.17, 15) is 10.2 Å². The predicted octanol–water partition coefficient (Wildman–Crippen LogP) is 2.89. The van der Waals surface area contributed by atoms with E-state index in [0.29, 0.717) is 5.56 Å².